The van der Waals surface area contributed by atoms with Crippen molar-refractivity contribution in [2.24, 2.45) is 0 Å². The van der Waals surface area contributed by atoms with E-state index in [1.54, 1.807) is 0 Å². The predicted octanol–water partition coefficient (Wildman–Crippen LogP) is 7.41. The molecule has 146 valence electrons. The quantitative estimate of drug-likeness (QED) is 0.416. The van der Waals surface area contributed by atoms with Crippen LogP contribution in [0.2, 0.25) is 5.02 Å². The van der Waals surface area contributed by atoms with Crippen LogP contribution < -0.4 is 0 Å². The number of hydrogen-bond donors (Lipinski definition) is 1. The summed E-state index contributed by atoms with van der Waals surface area (Å²) in [4.78, 5) is 17.1. The number of aromatic nitrogens is 1. The molecule has 0 amide bonds. The van der Waals surface area contributed by atoms with Crippen molar-refractivity contribution >= 4 is 44.4 Å². The number of aliphatic carboxylic acids is 1. The van der Waals surface area contributed by atoms with Gasteiger partial charge in [0.15, 0.2) is 0 Å². The monoisotopic (exact) mass is 459 g/mol. The highest BCUT2D eigenvalue weighted by Crippen LogP contribution is 2.42. The van der Waals surface area contributed by atoms with Crippen molar-refractivity contribution in [2.45, 2.75) is 45.4 Å². The van der Waals surface area contributed by atoms with Gasteiger partial charge in [-0.15, -0.1) is 0 Å². The predicted molar refractivity (Wildman–Crippen MR) is 119 cm³/mol. The normalized spacial score (nSPS) is 12.5. The number of fused-ring (bicyclic) bond motifs is 1. The van der Waals surface area contributed by atoms with E-state index in [0.29, 0.717) is 11.4 Å². The van der Waals surface area contributed by atoms with Crippen LogP contribution in [0, 0.1) is 0 Å². The van der Waals surface area contributed by atoms with Gasteiger partial charge in [-0.1, -0.05) is 66.9 Å². The fourth-order valence-electron chi connectivity index (χ4n) is 3.67. The van der Waals surface area contributed by atoms with Gasteiger partial charge < -0.3 is 5.11 Å². The van der Waals surface area contributed by atoms with Crippen LogP contribution in [0.5, 0.6) is 0 Å². The van der Waals surface area contributed by atoms with Crippen molar-refractivity contribution in [3.63, 3.8) is 0 Å². The van der Waals surface area contributed by atoms with Crippen molar-refractivity contribution in [3.05, 3.63) is 63.2 Å². The van der Waals surface area contributed by atoms with Crippen LogP contribution in [0.1, 0.15) is 56.7 Å². The maximum Gasteiger partial charge on any atom is 0.311 e. The van der Waals surface area contributed by atoms with Crippen LogP contribution in [0.25, 0.3) is 22.0 Å². The molecule has 1 N–H and O–H groups in total. The molecule has 0 aliphatic carbocycles. The second kappa shape index (κ2) is 8.62. The van der Waals surface area contributed by atoms with Gasteiger partial charge in [0.05, 0.1) is 11.4 Å². The van der Waals surface area contributed by atoms with Crippen LogP contribution in [0.3, 0.4) is 0 Å². The minimum absolute atomic E-state index is 0.104. The van der Waals surface area contributed by atoms with E-state index in [4.69, 9.17) is 16.6 Å². The van der Waals surface area contributed by atoms with E-state index in [1.807, 2.05) is 49.4 Å². The third-order valence-corrected chi connectivity index (χ3v) is 5.66. The molecule has 3 aromatic rings. The van der Waals surface area contributed by atoms with E-state index in [9.17, 15) is 9.90 Å². The zero-order valence-corrected chi connectivity index (χ0v) is 18.5. The molecule has 2 aromatic carbocycles. The van der Waals surface area contributed by atoms with Gasteiger partial charge in [-0.3, -0.25) is 9.78 Å². The van der Waals surface area contributed by atoms with Crippen LogP contribution in [-0.4, -0.2) is 16.1 Å². The Labute approximate surface area is 178 Å². The molecular formula is C23H23BrClNO2. The van der Waals surface area contributed by atoms with E-state index in [1.165, 1.54) is 0 Å². The van der Waals surface area contributed by atoms with Gasteiger partial charge in [0.1, 0.15) is 0 Å². The van der Waals surface area contributed by atoms with E-state index >= 15 is 0 Å². The molecule has 0 aliphatic rings. The number of pyridine rings is 1. The molecule has 1 heterocycles. The average molecular weight is 461 g/mol. The summed E-state index contributed by atoms with van der Waals surface area (Å²) < 4.78 is 0.933. The molecule has 0 aliphatic heterocycles. The minimum atomic E-state index is -0.810. The SMILES string of the molecule is CCCC(C(=O)O)c1c(C(C)C)nc2ccc(Br)cc2c1-c1ccc(Cl)cc1. The third kappa shape index (κ3) is 4.08. The zero-order chi connectivity index (χ0) is 20.4. The molecule has 3 nitrogen and oxygen atoms in total. The molecule has 0 bridgehead atoms. The van der Waals surface area contributed by atoms with Crippen LogP contribution in [0.15, 0.2) is 46.9 Å². The van der Waals surface area contributed by atoms with Crippen molar-refractivity contribution in [1.82, 2.24) is 4.98 Å². The van der Waals surface area contributed by atoms with E-state index in [2.05, 4.69) is 29.8 Å². The van der Waals surface area contributed by atoms with Gasteiger partial charge >= 0.3 is 5.97 Å². The van der Waals surface area contributed by atoms with Gasteiger partial charge in [0, 0.05) is 20.6 Å². The lowest BCUT2D eigenvalue weighted by Crippen LogP contribution is -2.17. The standard InChI is InChI=1S/C23H23BrClNO2/c1-4-5-17(23(27)28)21-20(14-6-9-16(25)10-7-14)18-12-15(24)8-11-19(18)26-22(21)13(2)3/h6-13,17H,4-5H2,1-3H3,(H,27,28). The van der Waals surface area contributed by atoms with Gasteiger partial charge in [-0.25, -0.2) is 0 Å². The second-order valence-electron chi connectivity index (χ2n) is 7.29. The Kier molecular flexibility index (Phi) is 6.41. The molecule has 1 unspecified atom stereocenters. The Morgan fingerprint density at radius 2 is 1.86 bits per heavy atom. The van der Waals surface area contributed by atoms with Gasteiger partial charge in [-0.05, 0) is 59.4 Å². The first kappa shape index (κ1) is 20.8. The molecule has 0 fully saturated rings. The molecule has 28 heavy (non-hydrogen) atoms. The lowest BCUT2D eigenvalue weighted by atomic mass is 9.82. The van der Waals surface area contributed by atoms with E-state index in [0.717, 1.165) is 44.2 Å². The maximum atomic E-state index is 12.2. The number of hydrogen-bond acceptors (Lipinski definition) is 2. The Morgan fingerprint density at radius 3 is 2.43 bits per heavy atom. The summed E-state index contributed by atoms with van der Waals surface area (Å²) in [7, 11) is 0. The minimum Gasteiger partial charge on any atom is -0.481 e. The topological polar surface area (TPSA) is 50.2 Å². The number of carboxylic acid groups (broad SMARTS) is 1. The lowest BCUT2D eigenvalue weighted by Gasteiger charge is -2.24. The Morgan fingerprint density at radius 1 is 1.18 bits per heavy atom. The first-order valence-corrected chi connectivity index (χ1v) is 10.6. The summed E-state index contributed by atoms with van der Waals surface area (Å²) in [5.41, 5.74) is 4.42. The van der Waals surface area contributed by atoms with Crippen LogP contribution in [-0.2, 0) is 4.79 Å². The fraction of sp³-hybridized carbons (Fsp3) is 0.304. The van der Waals surface area contributed by atoms with E-state index in [-0.39, 0.29) is 5.92 Å². The van der Waals surface area contributed by atoms with Gasteiger partial charge in [0.25, 0.3) is 0 Å². The van der Waals surface area contributed by atoms with E-state index < -0.39 is 11.9 Å². The summed E-state index contributed by atoms with van der Waals surface area (Å²) in [6.45, 7) is 6.14. The lowest BCUT2D eigenvalue weighted by molar-refractivity contribution is -0.139. The summed E-state index contributed by atoms with van der Waals surface area (Å²) in [5.74, 6) is -1.31. The zero-order valence-electron chi connectivity index (χ0n) is 16.2. The second-order valence-corrected chi connectivity index (χ2v) is 8.64. The highest BCUT2D eigenvalue weighted by Gasteiger charge is 2.29. The van der Waals surface area contributed by atoms with Gasteiger partial charge in [0.2, 0.25) is 0 Å². The number of benzene rings is 2. The molecule has 0 saturated heterocycles. The number of carboxylic acids is 1. The Balaban J connectivity index is 2.49. The summed E-state index contributed by atoms with van der Waals surface area (Å²) in [6.07, 6.45) is 1.35. The number of halogens is 2. The summed E-state index contributed by atoms with van der Waals surface area (Å²) >= 11 is 9.67. The largest absolute Gasteiger partial charge is 0.481 e. The Bertz CT molecular complexity index is 1020. The molecule has 1 aromatic heterocycles. The van der Waals surface area contributed by atoms with Crippen LogP contribution in [0.4, 0.5) is 0 Å². The highest BCUT2D eigenvalue weighted by molar-refractivity contribution is 9.10. The first-order valence-electron chi connectivity index (χ1n) is 9.45. The van der Waals surface area contributed by atoms with Crippen molar-refractivity contribution in [1.29, 1.82) is 0 Å². The summed E-state index contributed by atoms with van der Waals surface area (Å²) in [6, 6.07) is 13.6. The molecule has 5 heteroatoms. The highest BCUT2D eigenvalue weighted by atomic mass is 79.9. The smallest absolute Gasteiger partial charge is 0.311 e. The molecular weight excluding hydrogens is 438 g/mol. The molecule has 0 radical (unpaired) electrons. The summed E-state index contributed by atoms with van der Waals surface area (Å²) in [5, 5.41) is 11.6. The molecule has 0 saturated carbocycles. The maximum absolute atomic E-state index is 12.2. The molecule has 3 rings (SSSR count). The fourth-order valence-corrected chi connectivity index (χ4v) is 4.16. The average Bonchev–Trinajstić information content (AvgIpc) is 2.65. The molecule has 1 atom stereocenters. The third-order valence-electron chi connectivity index (χ3n) is 4.92. The van der Waals surface area contributed by atoms with Crippen molar-refractivity contribution < 1.29 is 9.90 Å². The Hall–Kier alpha value is -1.91. The van der Waals surface area contributed by atoms with Crippen molar-refractivity contribution in [3.8, 4) is 11.1 Å². The number of nitrogens with zero attached hydrogens (tertiary/aromatic N) is 1. The van der Waals surface area contributed by atoms with Crippen LogP contribution >= 0.6 is 27.5 Å². The van der Waals surface area contributed by atoms with Crippen molar-refractivity contribution in [2.75, 3.05) is 0 Å². The number of rotatable bonds is 6. The van der Waals surface area contributed by atoms with Gasteiger partial charge in [-0.2, -0.15) is 0 Å². The first-order chi connectivity index (χ1) is 13.3. The number of carbonyl (C=O) groups is 1. The molecule has 0 spiro atoms.